The Labute approximate surface area is 90.6 Å². The SMILES string of the molecule is NC(=O)C#Cc1ccc2c(c1)C(=O)C(=O)N2. The van der Waals surface area contributed by atoms with E-state index in [1.165, 1.54) is 6.07 Å². The molecule has 0 unspecified atom stereocenters. The number of benzene rings is 1. The van der Waals surface area contributed by atoms with Crippen molar-refractivity contribution >= 4 is 23.3 Å². The van der Waals surface area contributed by atoms with Crippen LogP contribution < -0.4 is 11.1 Å². The van der Waals surface area contributed by atoms with E-state index in [1.54, 1.807) is 12.1 Å². The third kappa shape index (κ3) is 1.64. The molecule has 78 valence electrons. The van der Waals surface area contributed by atoms with Crippen LogP contribution in [0.1, 0.15) is 15.9 Å². The topological polar surface area (TPSA) is 89.3 Å². The lowest BCUT2D eigenvalue weighted by atomic mass is 10.1. The van der Waals surface area contributed by atoms with Gasteiger partial charge in [-0.1, -0.05) is 5.92 Å². The fraction of sp³-hybridized carbons (Fsp3) is 0. The lowest BCUT2D eigenvalue weighted by molar-refractivity contribution is -0.113. The minimum absolute atomic E-state index is 0.265. The monoisotopic (exact) mass is 214 g/mol. The number of amides is 2. The molecular weight excluding hydrogens is 208 g/mol. The van der Waals surface area contributed by atoms with Gasteiger partial charge in [0.1, 0.15) is 0 Å². The summed E-state index contributed by atoms with van der Waals surface area (Å²) >= 11 is 0. The summed E-state index contributed by atoms with van der Waals surface area (Å²) in [5.74, 6) is 2.64. The molecule has 5 nitrogen and oxygen atoms in total. The predicted octanol–water partition coefficient (Wildman–Crippen LogP) is -0.342. The summed E-state index contributed by atoms with van der Waals surface area (Å²) < 4.78 is 0. The van der Waals surface area contributed by atoms with Gasteiger partial charge in [0.05, 0.1) is 11.3 Å². The van der Waals surface area contributed by atoms with Crippen LogP contribution in [0.5, 0.6) is 0 Å². The molecule has 1 aromatic rings. The fourth-order valence-electron chi connectivity index (χ4n) is 1.35. The maximum absolute atomic E-state index is 11.3. The van der Waals surface area contributed by atoms with E-state index < -0.39 is 17.6 Å². The van der Waals surface area contributed by atoms with Crippen molar-refractivity contribution in [2.24, 2.45) is 5.73 Å². The highest BCUT2D eigenvalue weighted by Gasteiger charge is 2.27. The Morgan fingerprint density at radius 2 is 2.06 bits per heavy atom. The third-order valence-electron chi connectivity index (χ3n) is 2.05. The molecule has 0 aromatic heterocycles. The predicted molar refractivity (Wildman–Crippen MR) is 55.5 cm³/mol. The van der Waals surface area contributed by atoms with Crippen molar-refractivity contribution in [3.8, 4) is 11.8 Å². The largest absolute Gasteiger partial charge is 0.359 e. The Hall–Kier alpha value is -2.61. The second-order valence-corrected chi connectivity index (χ2v) is 3.16. The van der Waals surface area contributed by atoms with Crippen LogP contribution >= 0.6 is 0 Å². The number of Topliss-reactive ketones (excluding diaryl/α,β-unsaturated/α-hetero) is 1. The Morgan fingerprint density at radius 1 is 1.31 bits per heavy atom. The molecule has 0 atom stereocenters. The van der Waals surface area contributed by atoms with E-state index in [0.717, 1.165) is 0 Å². The molecule has 0 saturated carbocycles. The van der Waals surface area contributed by atoms with Crippen molar-refractivity contribution in [3.05, 3.63) is 29.3 Å². The van der Waals surface area contributed by atoms with Gasteiger partial charge in [0.15, 0.2) is 0 Å². The molecule has 0 saturated heterocycles. The van der Waals surface area contributed by atoms with Crippen molar-refractivity contribution in [2.45, 2.75) is 0 Å². The molecule has 2 rings (SSSR count). The summed E-state index contributed by atoms with van der Waals surface area (Å²) in [6.45, 7) is 0. The first-order valence-corrected chi connectivity index (χ1v) is 4.39. The summed E-state index contributed by atoms with van der Waals surface area (Å²) in [5.41, 5.74) is 6.04. The Balaban J connectivity index is 2.43. The number of fused-ring (bicyclic) bond motifs is 1. The Kier molecular flexibility index (Phi) is 2.18. The summed E-state index contributed by atoms with van der Waals surface area (Å²) in [7, 11) is 0. The van der Waals surface area contributed by atoms with E-state index in [2.05, 4.69) is 17.2 Å². The van der Waals surface area contributed by atoms with Crippen LogP contribution in [0.2, 0.25) is 0 Å². The van der Waals surface area contributed by atoms with E-state index in [-0.39, 0.29) is 5.56 Å². The second kappa shape index (κ2) is 3.51. The number of hydrogen-bond acceptors (Lipinski definition) is 3. The molecule has 0 bridgehead atoms. The highest BCUT2D eigenvalue weighted by atomic mass is 16.2. The first kappa shape index (κ1) is 9.93. The number of hydrogen-bond donors (Lipinski definition) is 2. The second-order valence-electron chi connectivity index (χ2n) is 3.16. The Bertz CT molecular complexity index is 579. The first-order chi connectivity index (χ1) is 7.58. The van der Waals surface area contributed by atoms with E-state index in [9.17, 15) is 14.4 Å². The normalized spacial score (nSPS) is 12.5. The van der Waals surface area contributed by atoms with E-state index >= 15 is 0 Å². The van der Waals surface area contributed by atoms with Crippen LogP contribution in [-0.4, -0.2) is 17.6 Å². The highest BCUT2D eigenvalue weighted by molar-refractivity contribution is 6.51. The smallest absolute Gasteiger partial charge is 0.296 e. The number of anilines is 1. The molecule has 1 aromatic carbocycles. The van der Waals surface area contributed by atoms with Crippen LogP contribution in [0, 0.1) is 11.8 Å². The average Bonchev–Trinajstić information content (AvgIpc) is 2.52. The van der Waals surface area contributed by atoms with E-state index in [4.69, 9.17) is 5.73 Å². The van der Waals surface area contributed by atoms with Crippen LogP contribution in [0.15, 0.2) is 18.2 Å². The number of carbonyl (C=O) groups excluding carboxylic acids is 3. The molecular formula is C11H6N2O3. The molecule has 0 radical (unpaired) electrons. The zero-order chi connectivity index (χ0) is 11.7. The minimum atomic E-state index is -0.749. The average molecular weight is 214 g/mol. The van der Waals surface area contributed by atoms with Crippen LogP contribution in [0.3, 0.4) is 0 Å². The molecule has 1 aliphatic rings. The number of ketones is 1. The van der Waals surface area contributed by atoms with Gasteiger partial charge in [-0.2, -0.15) is 0 Å². The molecule has 1 aliphatic heterocycles. The van der Waals surface area contributed by atoms with Crippen LogP contribution in [0.25, 0.3) is 0 Å². The highest BCUT2D eigenvalue weighted by Crippen LogP contribution is 2.23. The summed E-state index contributed by atoms with van der Waals surface area (Å²) in [4.78, 5) is 32.8. The molecule has 0 spiro atoms. The van der Waals surface area contributed by atoms with Crippen molar-refractivity contribution in [2.75, 3.05) is 5.32 Å². The number of rotatable bonds is 0. The van der Waals surface area contributed by atoms with Gasteiger partial charge in [-0.05, 0) is 24.1 Å². The zero-order valence-corrected chi connectivity index (χ0v) is 8.03. The number of nitrogens with two attached hydrogens (primary N) is 1. The molecule has 16 heavy (non-hydrogen) atoms. The van der Waals surface area contributed by atoms with Gasteiger partial charge in [-0.3, -0.25) is 14.4 Å². The van der Waals surface area contributed by atoms with E-state index in [1.807, 2.05) is 0 Å². The van der Waals surface area contributed by atoms with Crippen molar-refractivity contribution < 1.29 is 14.4 Å². The van der Waals surface area contributed by atoms with Gasteiger partial charge in [-0.15, -0.1) is 0 Å². The quantitative estimate of drug-likeness (QED) is 0.457. The summed E-state index contributed by atoms with van der Waals surface area (Å²) in [6.07, 6.45) is 0. The molecule has 2 amide bonds. The zero-order valence-electron chi connectivity index (χ0n) is 8.03. The molecule has 0 aliphatic carbocycles. The van der Waals surface area contributed by atoms with Crippen molar-refractivity contribution in [1.29, 1.82) is 0 Å². The molecule has 5 heteroatoms. The number of nitrogens with one attached hydrogen (secondary N) is 1. The van der Waals surface area contributed by atoms with Gasteiger partial charge in [0, 0.05) is 5.56 Å². The van der Waals surface area contributed by atoms with Crippen LogP contribution in [0.4, 0.5) is 5.69 Å². The lowest BCUT2D eigenvalue weighted by Gasteiger charge is -1.96. The van der Waals surface area contributed by atoms with Crippen molar-refractivity contribution in [3.63, 3.8) is 0 Å². The van der Waals surface area contributed by atoms with Gasteiger partial charge < -0.3 is 11.1 Å². The molecule has 3 N–H and O–H groups in total. The van der Waals surface area contributed by atoms with Gasteiger partial charge >= 0.3 is 0 Å². The lowest BCUT2D eigenvalue weighted by Crippen LogP contribution is -2.12. The maximum Gasteiger partial charge on any atom is 0.296 e. The minimum Gasteiger partial charge on any atom is -0.359 e. The van der Waals surface area contributed by atoms with Gasteiger partial charge in [-0.25, -0.2) is 0 Å². The van der Waals surface area contributed by atoms with Crippen molar-refractivity contribution in [1.82, 2.24) is 0 Å². The van der Waals surface area contributed by atoms with E-state index in [0.29, 0.717) is 11.3 Å². The Morgan fingerprint density at radius 3 is 2.75 bits per heavy atom. The molecule has 0 fully saturated rings. The fourth-order valence-corrected chi connectivity index (χ4v) is 1.35. The summed E-state index contributed by atoms with van der Waals surface area (Å²) in [6, 6.07) is 4.60. The molecule has 1 heterocycles. The maximum atomic E-state index is 11.3. The third-order valence-corrected chi connectivity index (χ3v) is 2.05. The standard InChI is InChI=1S/C11H6N2O3/c12-9(14)4-2-6-1-3-8-7(5-6)10(15)11(16)13-8/h1,3,5H,(H2,12,14)(H,13,15,16). The number of carbonyl (C=O) groups is 3. The van der Waals surface area contributed by atoms with Gasteiger partial charge in [0.25, 0.3) is 17.6 Å². The number of primary amides is 1. The first-order valence-electron chi connectivity index (χ1n) is 4.39. The summed E-state index contributed by atoms with van der Waals surface area (Å²) in [5, 5.41) is 2.41. The van der Waals surface area contributed by atoms with Crippen LogP contribution in [-0.2, 0) is 9.59 Å². The van der Waals surface area contributed by atoms with Gasteiger partial charge in [0.2, 0.25) is 0 Å².